The average Bonchev–Trinajstić information content (AvgIpc) is 3.40. The van der Waals surface area contributed by atoms with E-state index in [9.17, 15) is 24.2 Å². The molecule has 0 atom stereocenters. The van der Waals surface area contributed by atoms with Gasteiger partial charge >= 0.3 is 11.9 Å². The Morgan fingerprint density at radius 3 is 2.08 bits per heavy atom. The molecule has 1 aromatic heterocycles. The Bertz CT molecular complexity index is 1420. The highest BCUT2D eigenvalue weighted by molar-refractivity contribution is 5.98. The molecule has 204 valence electrons. The molecule has 4 aromatic rings. The summed E-state index contributed by atoms with van der Waals surface area (Å²) in [6.07, 6.45) is 0.128. The summed E-state index contributed by atoms with van der Waals surface area (Å²) in [5.41, 5.74) is 1.77. The van der Waals surface area contributed by atoms with Crippen molar-refractivity contribution in [1.82, 2.24) is 15.0 Å². The fourth-order valence-corrected chi connectivity index (χ4v) is 4.59. The molecule has 0 aliphatic carbocycles. The number of piperidine rings is 1. The molecule has 1 fully saturated rings. The standard InChI is InChI=1S/C28H24FN3O5.2ClH/c29-23-16-21(10-11-22(23)19-4-2-1-3-5-19)25-30-24(31-37-25)20-8-6-18(7-9-20)17-32-14-12-28(13-15-32,26(33)34)27(35)36;;/h1-11,16H,12-15,17H2,(H,33,34)(H,35,36);2*1H. The van der Waals surface area contributed by atoms with Gasteiger partial charge in [0.2, 0.25) is 5.82 Å². The van der Waals surface area contributed by atoms with E-state index in [1.165, 1.54) is 6.07 Å². The Kier molecular flexibility index (Phi) is 9.45. The molecule has 0 radical (unpaired) electrons. The maximum absolute atomic E-state index is 14.8. The molecule has 2 N–H and O–H groups in total. The normalized spacial score (nSPS) is 14.6. The van der Waals surface area contributed by atoms with Crippen molar-refractivity contribution in [2.75, 3.05) is 13.1 Å². The lowest BCUT2D eigenvalue weighted by molar-refractivity contribution is -0.168. The maximum Gasteiger partial charge on any atom is 0.321 e. The average molecular weight is 574 g/mol. The Morgan fingerprint density at radius 1 is 0.872 bits per heavy atom. The zero-order valence-electron chi connectivity index (χ0n) is 20.6. The van der Waals surface area contributed by atoms with Crippen molar-refractivity contribution in [3.8, 4) is 34.0 Å². The van der Waals surface area contributed by atoms with Crippen LogP contribution in [-0.4, -0.2) is 50.3 Å². The van der Waals surface area contributed by atoms with Crippen LogP contribution in [0.4, 0.5) is 4.39 Å². The van der Waals surface area contributed by atoms with Gasteiger partial charge in [-0.15, -0.1) is 24.8 Å². The van der Waals surface area contributed by atoms with Crippen LogP contribution in [0.3, 0.4) is 0 Å². The largest absolute Gasteiger partial charge is 0.480 e. The molecule has 1 saturated heterocycles. The van der Waals surface area contributed by atoms with Gasteiger partial charge in [-0.25, -0.2) is 4.39 Å². The van der Waals surface area contributed by atoms with Crippen LogP contribution in [0.25, 0.3) is 34.0 Å². The molecule has 39 heavy (non-hydrogen) atoms. The van der Waals surface area contributed by atoms with E-state index in [-0.39, 0.29) is 49.4 Å². The van der Waals surface area contributed by atoms with Crippen molar-refractivity contribution in [2.45, 2.75) is 19.4 Å². The van der Waals surface area contributed by atoms with Crippen molar-refractivity contribution < 1.29 is 28.7 Å². The molecule has 0 spiro atoms. The van der Waals surface area contributed by atoms with E-state index in [0.717, 1.165) is 16.7 Å². The molecule has 5 rings (SSSR count). The number of hydrogen-bond donors (Lipinski definition) is 2. The Balaban J connectivity index is 0.00000210. The number of halogens is 3. The first-order valence-corrected chi connectivity index (χ1v) is 11.8. The lowest BCUT2D eigenvalue weighted by atomic mass is 9.78. The number of likely N-dealkylation sites (tertiary alicyclic amines) is 1. The quantitative estimate of drug-likeness (QED) is 0.266. The molecular weight excluding hydrogens is 548 g/mol. The molecule has 0 bridgehead atoms. The predicted molar refractivity (Wildman–Crippen MR) is 147 cm³/mol. The number of benzene rings is 3. The third-order valence-corrected chi connectivity index (χ3v) is 6.87. The van der Waals surface area contributed by atoms with E-state index in [2.05, 4.69) is 10.1 Å². The zero-order valence-corrected chi connectivity index (χ0v) is 22.3. The third kappa shape index (κ3) is 6.11. The number of carboxylic acids is 2. The minimum atomic E-state index is -1.71. The van der Waals surface area contributed by atoms with Gasteiger partial charge in [0.25, 0.3) is 5.89 Å². The van der Waals surface area contributed by atoms with Gasteiger partial charge < -0.3 is 14.7 Å². The van der Waals surface area contributed by atoms with Crippen LogP contribution < -0.4 is 0 Å². The molecule has 3 aromatic carbocycles. The van der Waals surface area contributed by atoms with Gasteiger partial charge in [-0.2, -0.15) is 4.98 Å². The van der Waals surface area contributed by atoms with Gasteiger partial charge in [-0.3, -0.25) is 14.5 Å². The first-order valence-electron chi connectivity index (χ1n) is 11.8. The summed E-state index contributed by atoms with van der Waals surface area (Å²) in [6.45, 7) is 1.34. The molecule has 0 unspecified atom stereocenters. The van der Waals surface area contributed by atoms with Gasteiger partial charge in [0.1, 0.15) is 5.82 Å². The SMILES string of the molecule is Cl.Cl.O=C(O)C1(C(=O)O)CCN(Cc2ccc(-c3noc(-c4ccc(-c5ccccc5)c(F)c4)n3)cc2)CC1. The van der Waals surface area contributed by atoms with Gasteiger partial charge in [0.05, 0.1) is 0 Å². The number of carboxylic acid groups (broad SMARTS) is 2. The van der Waals surface area contributed by atoms with Gasteiger partial charge in [-0.1, -0.05) is 65.8 Å². The van der Waals surface area contributed by atoms with E-state index >= 15 is 0 Å². The van der Waals surface area contributed by atoms with E-state index in [1.807, 2.05) is 59.5 Å². The lowest BCUT2D eigenvalue weighted by Gasteiger charge is -2.36. The number of carbonyl (C=O) groups is 2. The highest BCUT2D eigenvalue weighted by Crippen LogP contribution is 2.33. The molecule has 1 aliphatic heterocycles. The van der Waals surface area contributed by atoms with Crippen LogP contribution in [0.5, 0.6) is 0 Å². The number of aliphatic carboxylic acids is 2. The Labute approximate surface area is 236 Å². The summed E-state index contributed by atoms with van der Waals surface area (Å²) in [5, 5.41) is 22.8. The van der Waals surface area contributed by atoms with Gasteiger partial charge in [-0.05, 0) is 36.1 Å². The summed E-state index contributed by atoms with van der Waals surface area (Å²) in [7, 11) is 0. The summed E-state index contributed by atoms with van der Waals surface area (Å²) in [5.74, 6) is -2.35. The Hall–Kier alpha value is -3.79. The van der Waals surface area contributed by atoms with Crippen LogP contribution in [0.2, 0.25) is 0 Å². The minimum absolute atomic E-state index is 0. The zero-order chi connectivity index (χ0) is 26.0. The minimum Gasteiger partial charge on any atom is -0.480 e. The summed E-state index contributed by atoms with van der Waals surface area (Å²) in [6, 6.07) is 21.6. The first kappa shape index (κ1) is 29.8. The fraction of sp³-hybridized carbons (Fsp3) is 0.214. The van der Waals surface area contributed by atoms with E-state index in [1.54, 1.807) is 12.1 Å². The van der Waals surface area contributed by atoms with Gasteiger partial charge in [0.15, 0.2) is 5.41 Å². The van der Waals surface area contributed by atoms with Crippen molar-refractivity contribution in [3.05, 3.63) is 84.2 Å². The Morgan fingerprint density at radius 2 is 1.49 bits per heavy atom. The highest BCUT2D eigenvalue weighted by Gasteiger charge is 2.48. The monoisotopic (exact) mass is 573 g/mol. The second kappa shape index (κ2) is 12.4. The topological polar surface area (TPSA) is 117 Å². The fourth-order valence-electron chi connectivity index (χ4n) is 4.59. The lowest BCUT2D eigenvalue weighted by Crippen LogP contribution is -2.48. The van der Waals surface area contributed by atoms with Crippen LogP contribution in [-0.2, 0) is 16.1 Å². The first-order chi connectivity index (χ1) is 17.9. The number of nitrogens with zero attached hydrogens (tertiary/aromatic N) is 3. The van der Waals surface area contributed by atoms with E-state index in [4.69, 9.17) is 4.52 Å². The van der Waals surface area contributed by atoms with Crippen molar-refractivity contribution in [3.63, 3.8) is 0 Å². The maximum atomic E-state index is 14.8. The summed E-state index contributed by atoms with van der Waals surface area (Å²) in [4.78, 5) is 29.5. The number of aromatic nitrogens is 2. The summed E-state index contributed by atoms with van der Waals surface area (Å²) >= 11 is 0. The van der Waals surface area contributed by atoms with Crippen LogP contribution >= 0.6 is 24.8 Å². The van der Waals surface area contributed by atoms with E-state index in [0.29, 0.717) is 36.6 Å². The number of hydrogen-bond acceptors (Lipinski definition) is 6. The highest BCUT2D eigenvalue weighted by atomic mass is 35.5. The smallest absolute Gasteiger partial charge is 0.321 e. The predicted octanol–water partition coefficient (Wildman–Crippen LogP) is 5.80. The van der Waals surface area contributed by atoms with Crippen molar-refractivity contribution >= 4 is 36.8 Å². The molecule has 0 amide bonds. The van der Waals surface area contributed by atoms with Crippen LogP contribution in [0, 0.1) is 11.2 Å². The van der Waals surface area contributed by atoms with E-state index < -0.39 is 17.4 Å². The second-order valence-electron chi connectivity index (χ2n) is 9.15. The van der Waals surface area contributed by atoms with Crippen LogP contribution in [0.15, 0.2) is 77.3 Å². The second-order valence-corrected chi connectivity index (χ2v) is 9.15. The van der Waals surface area contributed by atoms with Crippen molar-refractivity contribution in [2.24, 2.45) is 5.41 Å². The van der Waals surface area contributed by atoms with Crippen LogP contribution in [0.1, 0.15) is 18.4 Å². The summed E-state index contributed by atoms with van der Waals surface area (Å²) < 4.78 is 20.1. The molecule has 11 heteroatoms. The molecule has 0 saturated carbocycles. The molecule has 2 heterocycles. The molecular formula is C28H26Cl2FN3O5. The molecule has 1 aliphatic rings. The number of rotatable bonds is 7. The molecule has 8 nitrogen and oxygen atoms in total. The van der Waals surface area contributed by atoms with Crippen molar-refractivity contribution in [1.29, 1.82) is 0 Å². The third-order valence-electron chi connectivity index (χ3n) is 6.87. The van der Waals surface area contributed by atoms with Gasteiger partial charge in [0, 0.05) is 36.3 Å².